The number of rotatable bonds is 5. The van der Waals surface area contributed by atoms with Gasteiger partial charge in [-0.2, -0.15) is 0 Å². The van der Waals surface area contributed by atoms with Gasteiger partial charge in [0.05, 0.1) is 12.0 Å². The monoisotopic (exact) mass is 337 g/mol. The van der Waals surface area contributed by atoms with E-state index in [-0.39, 0.29) is 18.5 Å². The van der Waals surface area contributed by atoms with Crippen LogP contribution in [0.25, 0.3) is 0 Å². The Hall–Kier alpha value is -2.61. The fourth-order valence-electron chi connectivity index (χ4n) is 2.32. The van der Waals surface area contributed by atoms with Gasteiger partial charge >= 0.3 is 0 Å². The summed E-state index contributed by atoms with van der Waals surface area (Å²) in [5.41, 5.74) is -0.309. The molecule has 3 N–H and O–H groups in total. The number of carbonyl (C=O) groups is 1. The van der Waals surface area contributed by atoms with Gasteiger partial charge in [0.1, 0.15) is 23.6 Å². The molecule has 2 aromatic rings. The summed E-state index contributed by atoms with van der Waals surface area (Å²) in [6, 6.07) is 3.22. The van der Waals surface area contributed by atoms with E-state index in [0.29, 0.717) is 11.5 Å². The zero-order chi connectivity index (χ0) is 17.9. The van der Waals surface area contributed by atoms with Crippen LogP contribution in [0.15, 0.2) is 23.0 Å². The summed E-state index contributed by atoms with van der Waals surface area (Å²) >= 11 is 0. The van der Waals surface area contributed by atoms with E-state index < -0.39 is 34.8 Å². The van der Waals surface area contributed by atoms with Crippen molar-refractivity contribution < 1.29 is 18.7 Å². The molecule has 0 radical (unpaired) electrons. The van der Waals surface area contributed by atoms with Crippen molar-refractivity contribution in [2.24, 2.45) is 0 Å². The highest BCUT2D eigenvalue weighted by Gasteiger charge is 2.19. The molecule has 0 aliphatic rings. The van der Waals surface area contributed by atoms with Gasteiger partial charge in [-0.25, -0.2) is 13.8 Å². The van der Waals surface area contributed by atoms with Crippen molar-refractivity contribution >= 4 is 5.91 Å². The van der Waals surface area contributed by atoms with Gasteiger partial charge in [0.25, 0.3) is 5.56 Å². The lowest BCUT2D eigenvalue weighted by Gasteiger charge is -2.14. The van der Waals surface area contributed by atoms with Crippen molar-refractivity contribution in [3.8, 4) is 0 Å². The number of aromatic nitrogens is 2. The maximum absolute atomic E-state index is 13.5. The fraction of sp³-hybridized carbons (Fsp3) is 0.312. The largest absolute Gasteiger partial charge is 0.386 e. The van der Waals surface area contributed by atoms with Gasteiger partial charge in [0, 0.05) is 17.8 Å². The van der Waals surface area contributed by atoms with Crippen LogP contribution >= 0.6 is 0 Å². The van der Waals surface area contributed by atoms with Crippen LogP contribution in [-0.2, 0) is 11.2 Å². The van der Waals surface area contributed by atoms with Gasteiger partial charge in [-0.3, -0.25) is 9.59 Å². The normalized spacial score (nSPS) is 12.0. The first-order chi connectivity index (χ1) is 11.3. The SMILES string of the molecule is Cc1nc(C)c(CC(=O)NCC(O)c2c(F)cccc2F)c(=O)[nH]1. The molecule has 128 valence electrons. The van der Waals surface area contributed by atoms with Crippen molar-refractivity contribution in [1.29, 1.82) is 0 Å². The maximum atomic E-state index is 13.5. The summed E-state index contributed by atoms with van der Waals surface area (Å²) in [4.78, 5) is 30.3. The number of aryl methyl sites for hydroxylation is 2. The Kier molecular flexibility index (Phi) is 5.40. The number of carbonyl (C=O) groups excluding carboxylic acids is 1. The molecule has 0 saturated heterocycles. The first-order valence-electron chi connectivity index (χ1n) is 7.24. The Labute approximate surface area is 136 Å². The number of aromatic amines is 1. The van der Waals surface area contributed by atoms with Crippen LogP contribution in [0.2, 0.25) is 0 Å². The zero-order valence-electron chi connectivity index (χ0n) is 13.2. The van der Waals surface area contributed by atoms with Gasteiger partial charge in [-0.05, 0) is 26.0 Å². The van der Waals surface area contributed by atoms with Gasteiger partial charge in [0.2, 0.25) is 5.91 Å². The second-order valence-corrected chi connectivity index (χ2v) is 5.35. The third-order valence-corrected chi connectivity index (χ3v) is 3.50. The molecule has 1 aromatic carbocycles. The van der Waals surface area contributed by atoms with Crippen molar-refractivity contribution in [1.82, 2.24) is 15.3 Å². The van der Waals surface area contributed by atoms with Gasteiger partial charge < -0.3 is 15.4 Å². The average molecular weight is 337 g/mol. The number of aliphatic hydroxyl groups excluding tert-OH is 1. The lowest BCUT2D eigenvalue weighted by Crippen LogP contribution is -2.32. The summed E-state index contributed by atoms with van der Waals surface area (Å²) in [6.45, 7) is 2.85. The second-order valence-electron chi connectivity index (χ2n) is 5.35. The Morgan fingerprint density at radius 3 is 2.54 bits per heavy atom. The van der Waals surface area contributed by atoms with E-state index in [1.807, 2.05) is 0 Å². The number of nitrogens with one attached hydrogen (secondary N) is 2. The highest BCUT2D eigenvalue weighted by atomic mass is 19.1. The lowest BCUT2D eigenvalue weighted by atomic mass is 10.1. The molecule has 0 spiro atoms. The van der Waals surface area contributed by atoms with Crippen molar-refractivity contribution in [2.45, 2.75) is 26.4 Å². The number of nitrogens with zero attached hydrogens (tertiary/aromatic N) is 1. The molecule has 0 saturated carbocycles. The van der Waals surface area contributed by atoms with Crippen LogP contribution in [0, 0.1) is 25.5 Å². The minimum Gasteiger partial charge on any atom is -0.386 e. The van der Waals surface area contributed by atoms with Gasteiger partial charge in [-0.1, -0.05) is 6.07 Å². The Morgan fingerprint density at radius 1 is 1.33 bits per heavy atom. The van der Waals surface area contributed by atoms with Crippen LogP contribution in [0.3, 0.4) is 0 Å². The second kappa shape index (κ2) is 7.31. The van der Waals surface area contributed by atoms with E-state index >= 15 is 0 Å². The number of hydrogen-bond donors (Lipinski definition) is 3. The molecule has 0 fully saturated rings. The summed E-state index contributed by atoms with van der Waals surface area (Å²) in [7, 11) is 0. The number of H-pyrrole nitrogens is 1. The van der Waals surface area contributed by atoms with Crippen LogP contribution in [0.5, 0.6) is 0 Å². The smallest absolute Gasteiger partial charge is 0.254 e. The quantitative estimate of drug-likeness (QED) is 0.760. The first-order valence-corrected chi connectivity index (χ1v) is 7.24. The van der Waals surface area contributed by atoms with Crippen molar-refractivity contribution in [3.05, 3.63) is 62.8 Å². The van der Waals surface area contributed by atoms with Crippen molar-refractivity contribution in [2.75, 3.05) is 6.54 Å². The average Bonchev–Trinajstić information content (AvgIpc) is 2.48. The first kappa shape index (κ1) is 17.7. The lowest BCUT2D eigenvalue weighted by molar-refractivity contribution is -0.121. The Morgan fingerprint density at radius 2 is 1.96 bits per heavy atom. The van der Waals surface area contributed by atoms with Crippen LogP contribution in [-0.4, -0.2) is 27.5 Å². The molecule has 1 amide bonds. The fourth-order valence-corrected chi connectivity index (χ4v) is 2.32. The van der Waals surface area contributed by atoms with Gasteiger partial charge in [-0.15, -0.1) is 0 Å². The topological polar surface area (TPSA) is 95.1 Å². The predicted molar refractivity (Wildman–Crippen MR) is 82.4 cm³/mol. The predicted octanol–water partition coefficient (Wildman–Crippen LogP) is 1.06. The number of halogens is 2. The van der Waals surface area contributed by atoms with E-state index in [9.17, 15) is 23.5 Å². The molecule has 0 bridgehead atoms. The molecule has 0 aliphatic heterocycles. The molecule has 2 rings (SSSR count). The summed E-state index contributed by atoms with van der Waals surface area (Å²) in [6.07, 6.45) is -1.79. The third kappa shape index (κ3) is 4.02. The minimum atomic E-state index is -1.54. The molecule has 0 aliphatic carbocycles. The van der Waals surface area contributed by atoms with Crippen LogP contribution in [0.1, 0.15) is 28.7 Å². The molecule has 1 unspecified atom stereocenters. The molecule has 1 heterocycles. The highest BCUT2D eigenvalue weighted by molar-refractivity contribution is 5.78. The Bertz CT molecular complexity index is 800. The van der Waals surface area contributed by atoms with E-state index in [4.69, 9.17) is 0 Å². The number of aliphatic hydroxyl groups is 1. The number of hydrogen-bond acceptors (Lipinski definition) is 4. The number of amides is 1. The molecular formula is C16H17F2N3O3. The molecule has 24 heavy (non-hydrogen) atoms. The maximum Gasteiger partial charge on any atom is 0.254 e. The Balaban J connectivity index is 2.03. The minimum absolute atomic E-state index is 0.199. The highest BCUT2D eigenvalue weighted by Crippen LogP contribution is 2.19. The summed E-state index contributed by atoms with van der Waals surface area (Å²) in [5.74, 6) is -1.92. The summed E-state index contributed by atoms with van der Waals surface area (Å²) in [5, 5.41) is 12.2. The van der Waals surface area contributed by atoms with E-state index in [0.717, 1.165) is 12.1 Å². The van der Waals surface area contributed by atoms with Gasteiger partial charge in [0.15, 0.2) is 0 Å². The molecule has 1 aromatic heterocycles. The zero-order valence-corrected chi connectivity index (χ0v) is 13.2. The van der Waals surface area contributed by atoms with Crippen LogP contribution < -0.4 is 10.9 Å². The van der Waals surface area contributed by atoms with Crippen molar-refractivity contribution in [3.63, 3.8) is 0 Å². The molecule has 6 nitrogen and oxygen atoms in total. The van der Waals surface area contributed by atoms with E-state index in [1.165, 1.54) is 6.07 Å². The van der Waals surface area contributed by atoms with E-state index in [2.05, 4.69) is 15.3 Å². The molecule has 8 heteroatoms. The van der Waals surface area contributed by atoms with E-state index in [1.54, 1.807) is 13.8 Å². The number of benzene rings is 1. The standard InChI is InChI=1S/C16H17F2N3O3/c1-8-10(16(24)21-9(2)20-8)6-14(23)19-7-13(22)15-11(17)4-3-5-12(15)18/h3-5,13,22H,6-7H2,1-2H3,(H,19,23)(H,20,21,24). The summed E-state index contributed by atoms with van der Waals surface area (Å²) < 4.78 is 27.1. The van der Waals surface area contributed by atoms with Crippen LogP contribution in [0.4, 0.5) is 8.78 Å². The molecule has 1 atom stereocenters. The third-order valence-electron chi connectivity index (χ3n) is 3.50. The molecular weight excluding hydrogens is 320 g/mol.